The van der Waals surface area contributed by atoms with Crippen molar-refractivity contribution in [3.63, 3.8) is 0 Å². The summed E-state index contributed by atoms with van der Waals surface area (Å²) in [6, 6.07) is 6.23. The number of rotatable bonds is 9. The molecule has 198 valence electrons. The summed E-state index contributed by atoms with van der Waals surface area (Å²) in [6.07, 6.45) is 11.5. The fourth-order valence-electron chi connectivity index (χ4n) is 6.35. The summed E-state index contributed by atoms with van der Waals surface area (Å²) in [5.74, 6) is 0.452. The van der Waals surface area contributed by atoms with Crippen molar-refractivity contribution in [1.82, 2.24) is 40.7 Å². The van der Waals surface area contributed by atoms with Gasteiger partial charge in [0.15, 0.2) is 5.82 Å². The maximum absolute atomic E-state index is 12.9. The van der Waals surface area contributed by atoms with Gasteiger partial charge in [-0.15, -0.1) is 0 Å². The van der Waals surface area contributed by atoms with Gasteiger partial charge in [0.1, 0.15) is 11.4 Å². The number of imidazole rings is 1. The Kier molecular flexibility index (Phi) is 6.71. The Hall–Kier alpha value is -3.56. The summed E-state index contributed by atoms with van der Waals surface area (Å²) < 4.78 is 0. The number of fused-ring (bicyclic) bond motifs is 2. The van der Waals surface area contributed by atoms with Crippen molar-refractivity contribution >= 4 is 16.8 Å². The molecule has 9 heteroatoms. The van der Waals surface area contributed by atoms with Gasteiger partial charge < -0.3 is 15.6 Å². The molecule has 3 aromatic heterocycles. The third-order valence-corrected chi connectivity index (χ3v) is 8.49. The van der Waals surface area contributed by atoms with Crippen LogP contribution in [-0.2, 0) is 6.54 Å². The van der Waals surface area contributed by atoms with Crippen LogP contribution in [0.15, 0.2) is 36.8 Å². The number of nitrogens with zero attached hydrogens (tertiary/aromatic N) is 4. The number of carbonyl (C=O) groups is 1. The van der Waals surface area contributed by atoms with Crippen molar-refractivity contribution in [1.29, 1.82) is 0 Å². The lowest BCUT2D eigenvalue weighted by Gasteiger charge is -2.32. The van der Waals surface area contributed by atoms with E-state index in [1.807, 2.05) is 18.5 Å². The van der Waals surface area contributed by atoms with Gasteiger partial charge in [-0.3, -0.25) is 19.8 Å². The number of hydrogen-bond donors (Lipinski definition) is 4. The Morgan fingerprint density at radius 2 is 2.00 bits per heavy atom. The molecular formula is C29H36N8O. The molecule has 0 spiro atoms. The maximum atomic E-state index is 12.9. The highest BCUT2D eigenvalue weighted by atomic mass is 16.1. The Morgan fingerprint density at radius 3 is 2.82 bits per heavy atom. The predicted molar refractivity (Wildman–Crippen MR) is 149 cm³/mol. The van der Waals surface area contributed by atoms with E-state index in [0.29, 0.717) is 29.3 Å². The van der Waals surface area contributed by atoms with E-state index in [-0.39, 0.29) is 5.91 Å². The monoisotopic (exact) mass is 512 g/mol. The van der Waals surface area contributed by atoms with Crippen molar-refractivity contribution in [2.24, 2.45) is 0 Å². The molecule has 2 fully saturated rings. The zero-order valence-electron chi connectivity index (χ0n) is 22.2. The Labute approximate surface area is 222 Å². The lowest BCUT2D eigenvalue weighted by Crippen LogP contribution is -2.41. The van der Waals surface area contributed by atoms with Crippen molar-refractivity contribution < 1.29 is 4.79 Å². The number of carbonyl (C=O) groups excluding carboxylic acids is 1. The molecule has 0 aliphatic carbocycles. The molecule has 0 unspecified atom stereocenters. The number of H-pyrrole nitrogens is 2. The molecule has 1 amide bonds. The van der Waals surface area contributed by atoms with Gasteiger partial charge in [0, 0.05) is 42.0 Å². The summed E-state index contributed by atoms with van der Waals surface area (Å²) in [6.45, 7) is 9.03. The topological polar surface area (TPSA) is 115 Å². The van der Waals surface area contributed by atoms with Crippen molar-refractivity contribution in [2.45, 2.75) is 58.0 Å². The molecule has 0 bridgehead atoms. The molecule has 1 aromatic carbocycles. The van der Waals surface area contributed by atoms with E-state index in [0.717, 1.165) is 41.5 Å². The van der Waals surface area contributed by atoms with Crippen LogP contribution in [0.3, 0.4) is 0 Å². The van der Waals surface area contributed by atoms with Crippen LogP contribution in [0, 0.1) is 6.92 Å². The third kappa shape index (κ3) is 4.50. The van der Waals surface area contributed by atoms with Gasteiger partial charge in [-0.05, 0) is 87.5 Å². The van der Waals surface area contributed by atoms with Gasteiger partial charge in [-0.2, -0.15) is 5.10 Å². The quantitative estimate of drug-likeness (QED) is 0.268. The molecule has 2 aliphatic heterocycles. The second kappa shape index (κ2) is 10.3. The highest BCUT2D eigenvalue weighted by molar-refractivity contribution is 5.96. The normalized spacial score (nSPS) is 16.8. The van der Waals surface area contributed by atoms with Gasteiger partial charge >= 0.3 is 0 Å². The minimum Gasteiger partial charge on any atom is -0.351 e. The number of pyridine rings is 1. The molecule has 38 heavy (non-hydrogen) atoms. The maximum Gasteiger partial charge on any atom is 0.269 e. The Morgan fingerprint density at radius 1 is 1.16 bits per heavy atom. The standard InChI is InChI=1S/C29H36N8O/c1-3-30-15-21-16-31-17-23(19(21)2)20-6-7-24-22(14-20)26(36-35-24)27-33-18-25(34-27)28(38)32-11-10-29-8-4-12-37(29)13-5-9-29/h6-7,14,16-18,30H,3-5,8-13,15H2,1-2H3,(H,32,38)(H,33,34)(H,35,36). The third-order valence-electron chi connectivity index (χ3n) is 8.49. The summed E-state index contributed by atoms with van der Waals surface area (Å²) in [5.41, 5.74) is 6.93. The Bertz CT molecular complexity index is 1440. The SMILES string of the molecule is CCNCc1cncc(-c2ccc3[nH]nc(-c4ncc(C(=O)NCCC56CCCN5CCC6)[nH]4)c3c2)c1C. The minimum atomic E-state index is -0.123. The molecule has 6 rings (SSSR count). The molecule has 4 aromatic rings. The average molecular weight is 513 g/mol. The Balaban J connectivity index is 1.19. The summed E-state index contributed by atoms with van der Waals surface area (Å²) >= 11 is 0. The number of aromatic amines is 2. The number of benzene rings is 1. The van der Waals surface area contributed by atoms with Crippen LogP contribution >= 0.6 is 0 Å². The largest absolute Gasteiger partial charge is 0.351 e. The molecule has 5 heterocycles. The van der Waals surface area contributed by atoms with Crippen LogP contribution < -0.4 is 10.6 Å². The van der Waals surface area contributed by atoms with Crippen LogP contribution in [0.1, 0.15) is 60.6 Å². The highest BCUT2D eigenvalue weighted by Gasteiger charge is 2.43. The summed E-state index contributed by atoms with van der Waals surface area (Å²) in [7, 11) is 0. The molecular weight excluding hydrogens is 476 g/mol. The number of aromatic nitrogens is 5. The second-order valence-electron chi connectivity index (χ2n) is 10.7. The van der Waals surface area contributed by atoms with E-state index in [9.17, 15) is 4.79 Å². The van der Waals surface area contributed by atoms with Crippen molar-refractivity contribution in [2.75, 3.05) is 26.2 Å². The molecule has 0 saturated carbocycles. The lowest BCUT2D eigenvalue weighted by atomic mass is 9.90. The summed E-state index contributed by atoms with van der Waals surface area (Å²) in [4.78, 5) is 27.7. The van der Waals surface area contributed by atoms with Crippen LogP contribution in [0.4, 0.5) is 0 Å². The van der Waals surface area contributed by atoms with E-state index in [1.165, 1.54) is 49.9 Å². The van der Waals surface area contributed by atoms with Gasteiger partial charge in [-0.1, -0.05) is 13.0 Å². The van der Waals surface area contributed by atoms with E-state index in [2.05, 4.69) is 66.7 Å². The minimum absolute atomic E-state index is 0.123. The van der Waals surface area contributed by atoms with Gasteiger partial charge in [0.2, 0.25) is 0 Å². The number of hydrogen-bond acceptors (Lipinski definition) is 6. The molecule has 4 N–H and O–H groups in total. The highest BCUT2D eigenvalue weighted by Crippen LogP contribution is 2.41. The molecule has 2 aliphatic rings. The first-order chi connectivity index (χ1) is 18.6. The molecule has 9 nitrogen and oxygen atoms in total. The van der Waals surface area contributed by atoms with Gasteiger partial charge in [0.25, 0.3) is 5.91 Å². The summed E-state index contributed by atoms with van der Waals surface area (Å²) in [5, 5.41) is 15.1. The van der Waals surface area contributed by atoms with Crippen molar-refractivity contribution in [3.05, 3.63) is 53.6 Å². The lowest BCUT2D eigenvalue weighted by molar-refractivity contribution is 0.0938. The molecule has 0 radical (unpaired) electrons. The van der Waals surface area contributed by atoms with Crippen molar-refractivity contribution in [3.8, 4) is 22.6 Å². The average Bonchev–Trinajstić information content (AvgIpc) is 3.71. The molecule has 2 saturated heterocycles. The fraction of sp³-hybridized carbons (Fsp3) is 0.448. The van der Waals surface area contributed by atoms with E-state index >= 15 is 0 Å². The van der Waals surface area contributed by atoms with Crippen LogP contribution in [0.25, 0.3) is 33.5 Å². The van der Waals surface area contributed by atoms with Gasteiger partial charge in [0.05, 0.1) is 11.7 Å². The smallest absolute Gasteiger partial charge is 0.269 e. The van der Waals surface area contributed by atoms with Gasteiger partial charge in [-0.25, -0.2) is 4.98 Å². The number of nitrogens with one attached hydrogen (secondary N) is 4. The second-order valence-corrected chi connectivity index (χ2v) is 10.7. The van der Waals surface area contributed by atoms with Crippen LogP contribution in [0.2, 0.25) is 0 Å². The zero-order chi connectivity index (χ0) is 26.1. The fourth-order valence-corrected chi connectivity index (χ4v) is 6.35. The number of amides is 1. The molecule has 0 atom stereocenters. The van der Waals surface area contributed by atoms with E-state index < -0.39 is 0 Å². The van der Waals surface area contributed by atoms with Crippen LogP contribution in [-0.4, -0.2) is 67.7 Å². The first-order valence-corrected chi connectivity index (χ1v) is 13.8. The van der Waals surface area contributed by atoms with E-state index in [4.69, 9.17) is 0 Å². The predicted octanol–water partition coefficient (Wildman–Crippen LogP) is 4.18. The first kappa shape index (κ1) is 24.8. The zero-order valence-corrected chi connectivity index (χ0v) is 22.2. The first-order valence-electron chi connectivity index (χ1n) is 13.8. The van der Waals surface area contributed by atoms with Crippen LogP contribution in [0.5, 0.6) is 0 Å². The van der Waals surface area contributed by atoms with E-state index in [1.54, 1.807) is 6.20 Å².